The van der Waals surface area contributed by atoms with E-state index in [0.29, 0.717) is 12.3 Å². The number of anilines is 1. The van der Waals surface area contributed by atoms with E-state index in [-0.39, 0.29) is 18.1 Å². The number of carbonyl (C=O) groups excluding carboxylic acids is 2. The van der Waals surface area contributed by atoms with Gasteiger partial charge in [0.1, 0.15) is 18.3 Å². The summed E-state index contributed by atoms with van der Waals surface area (Å²) in [6.45, 7) is 5.51. The maximum Gasteiger partial charge on any atom is 0.244 e. The van der Waals surface area contributed by atoms with Crippen molar-refractivity contribution >= 4 is 27.5 Å². The van der Waals surface area contributed by atoms with Gasteiger partial charge in [-0.3, -0.25) is 13.9 Å². The van der Waals surface area contributed by atoms with Crippen LogP contribution < -0.4 is 14.4 Å². The van der Waals surface area contributed by atoms with Crippen LogP contribution in [0.5, 0.6) is 5.75 Å². The highest BCUT2D eigenvalue weighted by Crippen LogP contribution is 2.29. The number of para-hydroxylation sites is 2. The number of sulfonamides is 1. The average Bonchev–Trinajstić information content (AvgIpc) is 2.75. The largest absolute Gasteiger partial charge is 0.495 e. The zero-order valence-electron chi connectivity index (χ0n) is 19.2. The molecule has 0 radical (unpaired) electrons. The Morgan fingerprint density at radius 3 is 2.28 bits per heavy atom. The molecule has 0 aliphatic rings. The molecule has 1 N–H and O–H groups in total. The quantitative estimate of drug-likeness (QED) is 0.586. The maximum absolute atomic E-state index is 13.4. The number of likely N-dealkylation sites (N-methyl/N-ethyl adjacent to an activating group) is 1. The van der Waals surface area contributed by atoms with Crippen LogP contribution in [0.3, 0.4) is 0 Å². The fraction of sp³-hybridized carbons (Fsp3) is 0.391. The fourth-order valence-electron chi connectivity index (χ4n) is 3.23. The van der Waals surface area contributed by atoms with Gasteiger partial charge >= 0.3 is 0 Å². The molecule has 8 nitrogen and oxygen atoms in total. The molecule has 2 rings (SSSR count). The van der Waals surface area contributed by atoms with E-state index in [1.54, 1.807) is 38.1 Å². The van der Waals surface area contributed by atoms with Crippen molar-refractivity contribution in [2.45, 2.75) is 33.4 Å². The van der Waals surface area contributed by atoms with Gasteiger partial charge < -0.3 is 15.0 Å². The van der Waals surface area contributed by atoms with Crippen LogP contribution in [0.2, 0.25) is 0 Å². The molecule has 32 heavy (non-hydrogen) atoms. The van der Waals surface area contributed by atoms with Crippen LogP contribution in [0, 0.1) is 6.92 Å². The Morgan fingerprint density at radius 2 is 1.72 bits per heavy atom. The summed E-state index contributed by atoms with van der Waals surface area (Å²) in [5.74, 6) is -0.482. The predicted molar refractivity (Wildman–Crippen MR) is 125 cm³/mol. The molecule has 0 saturated carbocycles. The van der Waals surface area contributed by atoms with Gasteiger partial charge in [0.05, 0.1) is 19.1 Å². The second-order valence-electron chi connectivity index (χ2n) is 7.52. The second-order valence-corrected chi connectivity index (χ2v) is 9.43. The molecule has 0 aromatic heterocycles. The molecule has 2 amide bonds. The van der Waals surface area contributed by atoms with Crippen LogP contribution in [0.15, 0.2) is 48.5 Å². The minimum atomic E-state index is -3.81. The number of carbonyl (C=O) groups is 2. The molecule has 2 aromatic carbocycles. The summed E-state index contributed by atoms with van der Waals surface area (Å²) >= 11 is 0. The molecule has 0 saturated heterocycles. The SMILES string of the molecule is CCNC(=O)C(C)N(Cc1ccc(C)cc1)C(=O)CN(c1ccccc1OC)S(C)(=O)=O. The van der Waals surface area contributed by atoms with Crippen LogP contribution in [-0.4, -0.2) is 57.6 Å². The number of amides is 2. The number of aryl methyl sites for hydroxylation is 1. The van der Waals surface area contributed by atoms with E-state index < -0.39 is 28.5 Å². The van der Waals surface area contributed by atoms with Crippen molar-refractivity contribution in [1.29, 1.82) is 0 Å². The molecule has 0 aliphatic carbocycles. The Labute approximate surface area is 190 Å². The number of hydrogen-bond acceptors (Lipinski definition) is 5. The highest BCUT2D eigenvalue weighted by atomic mass is 32.2. The molecule has 0 aliphatic heterocycles. The summed E-state index contributed by atoms with van der Waals surface area (Å²) < 4.78 is 31.5. The number of nitrogens with one attached hydrogen (secondary N) is 1. The molecule has 2 aromatic rings. The lowest BCUT2D eigenvalue weighted by molar-refractivity contribution is -0.139. The summed E-state index contributed by atoms with van der Waals surface area (Å²) in [4.78, 5) is 27.3. The van der Waals surface area contributed by atoms with Crippen molar-refractivity contribution in [1.82, 2.24) is 10.2 Å². The minimum absolute atomic E-state index is 0.168. The Hall–Kier alpha value is -3.07. The number of hydrogen-bond donors (Lipinski definition) is 1. The lowest BCUT2D eigenvalue weighted by Gasteiger charge is -2.31. The third-order valence-corrected chi connectivity index (χ3v) is 6.15. The van der Waals surface area contributed by atoms with Gasteiger partial charge in [0, 0.05) is 13.1 Å². The van der Waals surface area contributed by atoms with Crippen molar-refractivity contribution in [3.8, 4) is 5.75 Å². The van der Waals surface area contributed by atoms with E-state index in [2.05, 4.69) is 5.32 Å². The topological polar surface area (TPSA) is 96.0 Å². The Bertz CT molecular complexity index is 1040. The van der Waals surface area contributed by atoms with Crippen LogP contribution in [-0.2, 0) is 26.2 Å². The molecule has 9 heteroatoms. The van der Waals surface area contributed by atoms with Gasteiger partial charge in [-0.25, -0.2) is 8.42 Å². The van der Waals surface area contributed by atoms with Crippen molar-refractivity contribution < 1.29 is 22.7 Å². The number of ether oxygens (including phenoxy) is 1. The number of benzene rings is 2. The zero-order valence-corrected chi connectivity index (χ0v) is 20.0. The lowest BCUT2D eigenvalue weighted by atomic mass is 10.1. The van der Waals surface area contributed by atoms with Crippen molar-refractivity contribution in [2.75, 3.05) is 30.8 Å². The van der Waals surface area contributed by atoms with Gasteiger partial charge in [0.2, 0.25) is 21.8 Å². The zero-order chi connectivity index (χ0) is 23.9. The molecule has 174 valence electrons. The third-order valence-electron chi connectivity index (χ3n) is 5.02. The van der Waals surface area contributed by atoms with E-state index >= 15 is 0 Å². The number of rotatable bonds is 10. The second kappa shape index (κ2) is 11.0. The maximum atomic E-state index is 13.4. The van der Waals surface area contributed by atoms with E-state index in [0.717, 1.165) is 21.7 Å². The van der Waals surface area contributed by atoms with Crippen molar-refractivity contribution in [3.05, 3.63) is 59.7 Å². The molecular weight excluding hydrogens is 430 g/mol. The van der Waals surface area contributed by atoms with E-state index in [4.69, 9.17) is 4.74 Å². The van der Waals surface area contributed by atoms with Crippen LogP contribution >= 0.6 is 0 Å². The Balaban J connectivity index is 2.41. The van der Waals surface area contributed by atoms with Crippen molar-refractivity contribution in [3.63, 3.8) is 0 Å². The molecule has 1 unspecified atom stereocenters. The normalized spacial score (nSPS) is 12.0. The number of nitrogens with zero attached hydrogens (tertiary/aromatic N) is 2. The van der Waals surface area contributed by atoms with E-state index in [1.165, 1.54) is 12.0 Å². The van der Waals surface area contributed by atoms with Crippen LogP contribution in [0.4, 0.5) is 5.69 Å². The standard InChI is InChI=1S/C23H31N3O5S/c1-6-24-23(28)18(3)25(15-19-13-11-17(2)12-14-19)22(27)16-26(32(5,29)30)20-9-7-8-10-21(20)31-4/h7-14,18H,6,15-16H2,1-5H3,(H,24,28). The highest BCUT2D eigenvalue weighted by Gasteiger charge is 2.30. The number of methoxy groups -OCH3 is 1. The van der Waals surface area contributed by atoms with E-state index in [9.17, 15) is 18.0 Å². The smallest absolute Gasteiger partial charge is 0.244 e. The average molecular weight is 462 g/mol. The Kier molecular flexibility index (Phi) is 8.65. The Morgan fingerprint density at radius 1 is 1.09 bits per heavy atom. The van der Waals surface area contributed by atoms with Gasteiger partial charge in [0.15, 0.2) is 0 Å². The molecule has 0 heterocycles. The monoisotopic (exact) mass is 461 g/mol. The van der Waals surface area contributed by atoms with E-state index in [1.807, 2.05) is 31.2 Å². The first-order chi connectivity index (χ1) is 15.1. The summed E-state index contributed by atoms with van der Waals surface area (Å²) in [6, 6.07) is 13.4. The minimum Gasteiger partial charge on any atom is -0.495 e. The van der Waals surface area contributed by atoms with Crippen LogP contribution in [0.1, 0.15) is 25.0 Å². The van der Waals surface area contributed by atoms with Gasteiger partial charge in [0.25, 0.3) is 0 Å². The first-order valence-corrected chi connectivity index (χ1v) is 12.2. The molecule has 0 bridgehead atoms. The summed E-state index contributed by atoms with van der Waals surface area (Å²) in [5, 5.41) is 2.72. The molecule has 1 atom stereocenters. The fourth-order valence-corrected chi connectivity index (χ4v) is 4.08. The molecular formula is C23H31N3O5S. The van der Waals surface area contributed by atoms with Gasteiger partial charge in [-0.1, -0.05) is 42.0 Å². The molecule has 0 fully saturated rings. The summed E-state index contributed by atoms with van der Waals surface area (Å²) in [5.41, 5.74) is 2.16. The predicted octanol–water partition coefficient (Wildman–Crippen LogP) is 2.32. The third kappa shape index (κ3) is 6.46. The summed E-state index contributed by atoms with van der Waals surface area (Å²) in [6.07, 6.45) is 1.03. The first kappa shape index (κ1) is 25.2. The van der Waals surface area contributed by atoms with Crippen LogP contribution in [0.25, 0.3) is 0 Å². The molecule has 0 spiro atoms. The van der Waals surface area contributed by atoms with Gasteiger partial charge in [-0.15, -0.1) is 0 Å². The highest BCUT2D eigenvalue weighted by molar-refractivity contribution is 7.92. The van der Waals surface area contributed by atoms with Crippen molar-refractivity contribution in [2.24, 2.45) is 0 Å². The summed E-state index contributed by atoms with van der Waals surface area (Å²) in [7, 11) is -2.38. The van der Waals surface area contributed by atoms with Gasteiger partial charge in [-0.05, 0) is 38.5 Å². The van der Waals surface area contributed by atoms with Gasteiger partial charge in [-0.2, -0.15) is 0 Å². The first-order valence-electron chi connectivity index (χ1n) is 10.3. The lowest BCUT2D eigenvalue weighted by Crippen LogP contribution is -2.51.